The zero-order chi connectivity index (χ0) is 18.4. The second-order valence-corrected chi connectivity index (χ2v) is 5.71. The molecule has 25 heavy (non-hydrogen) atoms. The normalized spacial score (nSPS) is 10.6. The van der Waals surface area contributed by atoms with E-state index < -0.39 is 23.4 Å². The molecule has 0 saturated heterocycles. The second-order valence-electron chi connectivity index (χ2n) is 4.86. The topological polar surface area (TPSA) is 112 Å². The molecule has 0 fully saturated rings. The molecule has 0 unspecified atom stereocenters. The van der Waals surface area contributed by atoms with E-state index in [1.165, 1.54) is 24.3 Å². The van der Waals surface area contributed by atoms with Gasteiger partial charge in [0.1, 0.15) is 11.5 Å². The summed E-state index contributed by atoms with van der Waals surface area (Å²) in [7, 11) is 0. The zero-order valence-corrected chi connectivity index (χ0v) is 14.6. The van der Waals surface area contributed by atoms with Crippen molar-refractivity contribution < 1.29 is 23.7 Å². The smallest absolute Gasteiger partial charge is 0.331 e. The summed E-state index contributed by atoms with van der Waals surface area (Å²) in [6.07, 6.45) is 2.58. The van der Waals surface area contributed by atoms with Crippen LogP contribution in [0, 0.1) is 17.0 Å². The highest BCUT2D eigenvalue weighted by Crippen LogP contribution is 2.26. The molecule has 0 aliphatic carbocycles. The number of rotatable bonds is 6. The SMILES string of the molecule is Cc1ccc(/C=C/C(=O)OCC(=O)Nc2ccc([N+](=O)[O-])cc2Br)o1. The molecule has 0 saturated carbocycles. The molecule has 1 N–H and O–H groups in total. The van der Waals surface area contributed by atoms with Gasteiger partial charge < -0.3 is 14.5 Å². The molecule has 1 aromatic heterocycles. The summed E-state index contributed by atoms with van der Waals surface area (Å²) in [4.78, 5) is 33.4. The van der Waals surface area contributed by atoms with E-state index in [0.29, 0.717) is 21.7 Å². The summed E-state index contributed by atoms with van der Waals surface area (Å²) in [5.41, 5.74) is 0.211. The van der Waals surface area contributed by atoms with Crippen molar-refractivity contribution in [2.75, 3.05) is 11.9 Å². The highest BCUT2D eigenvalue weighted by Gasteiger charge is 2.12. The van der Waals surface area contributed by atoms with Crippen molar-refractivity contribution >= 4 is 45.3 Å². The number of carbonyl (C=O) groups is 2. The third-order valence-electron chi connectivity index (χ3n) is 2.93. The molecule has 0 radical (unpaired) electrons. The average Bonchev–Trinajstić information content (AvgIpc) is 2.98. The number of esters is 1. The number of carbonyl (C=O) groups excluding carboxylic acids is 2. The van der Waals surface area contributed by atoms with Crippen molar-refractivity contribution in [3.63, 3.8) is 0 Å². The van der Waals surface area contributed by atoms with Crippen LogP contribution in [-0.2, 0) is 14.3 Å². The monoisotopic (exact) mass is 408 g/mol. The molecule has 130 valence electrons. The van der Waals surface area contributed by atoms with Gasteiger partial charge in [0.25, 0.3) is 11.6 Å². The van der Waals surface area contributed by atoms with E-state index in [-0.39, 0.29) is 5.69 Å². The summed E-state index contributed by atoms with van der Waals surface area (Å²) in [5.74, 6) is -0.0769. The van der Waals surface area contributed by atoms with Crippen LogP contribution in [-0.4, -0.2) is 23.4 Å². The van der Waals surface area contributed by atoms with Gasteiger partial charge in [0.2, 0.25) is 0 Å². The van der Waals surface area contributed by atoms with Gasteiger partial charge in [-0.15, -0.1) is 0 Å². The van der Waals surface area contributed by atoms with Crippen LogP contribution in [0.3, 0.4) is 0 Å². The Kier molecular flexibility index (Phi) is 6.07. The van der Waals surface area contributed by atoms with Gasteiger partial charge in [0, 0.05) is 22.7 Å². The van der Waals surface area contributed by atoms with Crippen LogP contribution in [0.15, 0.2) is 45.3 Å². The fourth-order valence-corrected chi connectivity index (χ4v) is 2.25. The number of benzene rings is 1. The first-order chi connectivity index (χ1) is 11.8. The maximum atomic E-state index is 11.8. The molecule has 9 heteroatoms. The third-order valence-corrected chi connectivity index (χ3v) is 3.58. The van der Waals surface area contributed by atoms with E-state index in [1.807, 2.05) is 0 Å². The summed E-state index contributed by atoms with van der Waals surface area (Å²) in [6, 6.07) is 7.33. The van der Waals surface area contributed by atoms with Crippen LogP contribution in [0.5, 0.6) is 0 Å². The lowest BCUT2D eigenvalue weighted by Crippen LogP contribution is -2.20. The Morgan fingerprint density at radius 3 is 2.72 bits per heavy atom. The summed E-state index contributed by atoms with van der Waals surface area (Å²) >= 11 is 3.13. The van der Waals surface area contributed by atoms with Gasteiger partial charge in [0.15, 0.2) is 6.61 Å². The number of anilines is 1. The Balaban J connectivity index is 1.85. The number of nitro benzene ring substituents is 1. The molecule has 0 aliphatic rings. The number of nitrogens with zero attached hydrogens (tertiary/aromatic N) is 1. The number of ether oxygens (including phenoxy) is 1. The minimum atomic E-state index is -0.702. The Hall–Kier alpha value is -2.94. The lowest BCUT2D eigenvalue weighted by molar-refractivity contribution is -0.384. The van der Waals surface area contributed by atoms with Gasteiger partial charge in [-0.25, -0.2) is 4.79 Å². The first kappa shape index (κ1) is 18.4. The predicted molar refractivity (Wildman–Crippen MR) is 92.9 cm³/mol. The fourth-order valence-electron chi connectivity index (χ4n) is 1.78. The van der Waals surface area contributed by atoms with Gasteiger partial charge in [0.05, 0.1) is 10.6 Å². The van der Waals surface area contributed by atoms with Crippen LogP contribution in [0.4, 0.5) is 11.4 Å². The molecule has 0 bridgehead atoms. The third kappa shape index (κ3) is 5.57. The predicted octanol–water partition coefficient (Wildman–Crippen LogP) is 3.45. The Bertz CT molecular complexity index is 843. The van der Waals surface area contributed by atoms with Crippen molar-refractivity contribution in [3.8, 4) is 0 Å². The van der Waals surface area contributed by atoms with E-state index >= 15 is 0 Å². The molecular weight excluding hydrogens is 396 g/mol. The van der Waals surface area contributed by atoms with Gasteiger partial charge in [-0.2, -0.15) is 0 Å². The van der Waals surface area contributed by atoms with Crippen LogP contribution in [0.1, 0.15) is 11.5 Å². The highest BCUT2D eigenvalue weighted by atomic mass is 79.9. The quantitative estimate of drug-likeness (QED) is 0.339. The number of amides is 1. The van der Waals surface area contributed by atoms with E-state index in [2.05, 4.69) is 21.2 Å². The van der Waals surface area contributed by atoms with Crippen LogP contribution in [0.25, 0.3) is 6.08 Å². The number of nitro groups is 1. The van der Waals surface area contributed by atoms with Gasteiger partial charge >= 0.3 is 5.97 Å². The maximum Gasteiger partial charge on any atom is 0.331 e. The van der Waals surface area contributed by atoms with Gasteiger partial charge in [-0.05, 0) is 47.1 Å². The van der Waals surface area contributed by atoms with Crippen molar-refractivity contribution in [1.29, 1.82) is 0 Å². The van der Waals surface area contributed by atoms with Crippen LogP contribution >= 0.6 is 15.9 Å². The number of hydrogen-bond donors (Lipinski definition) is 1. The molecular formula is C16H13BrN2O6. The minimum absolute atomic E-state index is 0.116. The van der Waals surface area contributed by atoms with Crippen molar-refractivity contribution in [3.05, 3.63) is 62.5 Å². The van der Waals surface area contributed by atoms with Crippen molar-refractivity contribution in [2.24, 2.45) is 0 Å². The van der Waals surface area contributed by atoms with E-state index in [0.717, 1.165) is 6.08 Å². The first-order valence-electron chi connectivity index (χ1n) is 7.00. The molecule has 1 heterocycles. The minimum Gasteiger partial charge on any atom is -0.462 e. The maximum absolute atomic E-state index is 11.8. The standard InChI is InChI=1S/C16H13BrN2O6/c1-10-2-4-12(25-10)5-7-16(21)24-9-15(20)18-14-6-3-11(19(22)23)8-13(14)17/h2-8H,9H2,1H3,(H,18,20)/b7-5+. The Morgan fingerprint density at radius 2 is 2.12 bits per heavy atom. The molecule has 1 amide bonds. The van der Waals surface area contributed by atoms with Gasteiger partial charge in [-0.1, -0.05) is 0 Å². The summed E-state index contributed by atoms with van der Waals surface area (Å²) in [6.45, 7) is 1.28. The Labute approximate surface area is 150 Å². The number of halogens is 1. The largest absolute Gasteiger partial charge is 0.462 e. The van der Waals surface area contributed by atoms with Crippen LogP contribution in [0.2, 0.25) is 0 Å². The molecule has 0 spiro atoms. The van der Waals surface area contributed by atoms with Crippen molar-refractivity contribution in [2.45, 2.75) is 6.92 Å². The molecule has 1 aromatic carbocycles. The zero-order valence-electron chi connectivity index (χ0n) is 13.0. The summed E-state index contributed by atoms with van der Waals surface area (Å²) in [5, 5.41) is 13.1. The van der Waals surface area contributed by atoms with Crippen molar-refractivity contribution in [1.82, 2.24) is 0 Å². The second kappa shape index (κ2) is 8.25. The number of aryl methyl sites for hydroxylation is 1. The molecule has 0 atom stereocenters. The number of nitrogens with one attached hydrogen (secondary N) is 1. The number of hydrogen-bond acceptors (Lipinski definition) is 6. The fraction of sp³-hybridized carbons (Fsp3) is 0.125. The first-order valence-corrected chi connectivity index (χ1v) is 7.79. The summed E-state index contributed by atoms with van der Waals surface area (Å²) < 4.78 is 10.4. The molecule has 8 nitrogen and oxygen atoms in total. The lowest BCUT2D eigenvalue weighted by Gasteiger charge is -2.07. The lowest BCUT2D eigenvalue weighted by atomic mass is 10.3. The Morgan fingerprint density at radius 1 is 1.36 bits per heavy atom. The molecule has 2 aromatic rings. The van der Waals surface area contributed by atoms with E-state index in [1.54, 1.807) is 19.1 Å². The van der Waals surface area contributed by atoms with E-state index in [9.17, 15) is 19.7 Å². The molecule has 2 rings (SSSR count). The highest BCUT2D eigenvalue weighted by molar-refractivity contribution is 9.10. The number of non-ortho nitro benzene ring substituents is 1. The average molecular weight is 409 g/mol. The molecule has 0 aliphatic heterocycles. The van der Waals surface area contributed by atoms with E-state index in [4.69, 9.17) is 9.15 Å². The number of furan rings is 1. The van der Waals surface area contributed by atoms with Gasteiger partial charge in [-0.3, -0.25) is 14.9 Å². The van der Waals surface area contributed by atoms with Crippen LogP contribution < -0.4 is 5.32 Å².